The molecule has 0 spiro atoms. The van der Waals surface area contributed by atoms with Gasteiger partial charge in [-0.2, -0.15) is 0 Å². The molecule has 3 rings (SSSR count). The number of halogens is 1. The average Bonchev–Trinajstić information content (AvgIpc) is 3.00. The third-order valence-corrected chi connectivity index (χ3v) is 4.43. The van der Waals surface area contributed by atoms with Crippen LogP contribution in [0.2, 0.25) is 0 Å². The van der Waals surface area contributed by atoms with E-state index in [4.69, 9.17) is 0 Å². The van der Waals surface area contributed by atoms with Crippen LogP contribution in [-0.2, 0) is 22.4 Å². The highest BCUT2D eigenvalue weighted by Gasteiger charge is 2.25. The van der Waals surface area contributed by atoms with Crippen molar-refractivity contribution in [2.24, 2.45) is 0 Å². The van der Waals surface area contributed by atoms with Gasteiger partial charge in [0.15, 0.2) is 0 Å². The van der Waals surface area contributed by atoms with Crippen LogP contribution in [0.25, 0.3) is 0 Å². The highest BCUT2D eigenvalue weighted by Crippen LogP contribution is 2.32. The second-order valence-corrected chi connectivity index (χ2v) is 6.23. The van der Waals surface area contributed by atoms with Crippen molar-refractivity contribution in [1.29, 1.82) is 0 Å². The van der Waals surface area contributed by atoms with E-state index >= 15 is 0 Å². The fourth-order valence-electron chi connectivity index (χ4n) is 3.19. The van der Waals surface area contributed by atoms with Gasteiger partial charge in [0.25, 0.3) is 0 Å². The predicted molar refractivity (Wildman–Crippen MR) is 93.4 cm³/mol. The first-order chi connectivity index (χ1) is 12.1. The molecule has 0 bridgehead atoms. The maximum absolute atomic E-state index is 13.7. The van der Waals surface area contributed by atoms with Crippen molar-refractivity contribution in [3.05, 3.63) is 71.0 Å². The van der Waals surface area contributed by atoms with E-state index in [0.717, 1.165) is 11.1 Å². The lowest BCUT2D eigenvalue weighted by Crippen LogP contribution is -2.32. The molecular weight excluding hydrogens is 319 g/mol. The van der Waals surface area contributed by atoms with Gasteiger partial charge in [-0.1, -0.05) is 42.5 Å². The second-order valence-electron chi connectivity index (χ2n) is 6.23. The largest absolute Gasteiger partial charge is 0.355 e. The number of fused-ring (bicyclic) bond motifs is 1. The van der Waals surface area contributed by atoms with E-state index in [2.05, 4.69) is 10.6 Å². The fourth-order valence-corrected chi connectivity index (χ4v) is 3.19. The normalized spacial score (nSPS) is 15.5. The number of benzene rings is 2. The number of hydrogen-bond donors (Lipinski definition) is 2. The number of carbonyl (C=O) groups excluding carboxylic acids is 2. The molecule has 1 atom stereocenters. The summed E-state index contributed by atoms with van der Waals surface area (Å²) in [5, 5.41) is 5.68. The van der Waals surface area contributed by atoms with E-state index < -0.39 is 0 Å². The number of rotatable bonds is 6. The van der Waals surface area contributed by atoms with Crippen molar-refractivity contribution >= 4 is 11.8 Å². The van der Waals surface area contributed by atoms with Crippen LogP contribution in [0.3, 0.4) is 0 Å². The summed E-state index contributed by atoms with van der Waals surface area (Å²) in [5.41, 5.74) is 2.50. The van der Waals surface area contributed by atoms with Crippen molar-refractivity contribution in [3.8, 4) is 0 Å². The van der Waals surface area contributed by atoms with Gasteiger partial charge < -0.3 is 10.6 Å². The van der Waals surface area contributed by atoms with Crippen LogP contribution in [0.4, 0.5) is 4.39 Å². The summed E-state index contributed by atoms with van der Waals surface area (Å²) in [7, 11) is 0. The summed E-state index contributed by atoms with van der Waals surface area (Å²) in [4.78, 5) is 23.9. The maximum Gasteiger partial charge on any atom is 0.224 e. The molecule has 2 amide bonds. The molecule has 0 saturated carbocycles. The molecule has 5 heteroatoms. The van der Waals surface area contributed by atoms with Gasteiger partial charge in [-0.25, -0.2) is 4.39 Å². The number of nitrogens with one attached hydrogen (secondary N) is 2. The third kappa shape index (κ3) is 4.44. The van der Waals surface area contributed by atoms with Crippen LogP contribution in [-0.4, -0.2) is 18.4 Å². The predicted octanol–water partition coefficient (Wildman–Crippen LogP) is 2.68. The van der Waals surface area contributed by atoms with Crippen molar-refractivity contribution < 1.29 is 14.0 Å². The zero-order valence-electron chi connectivity index (χ0n) is 13.9. The van der Waals surface area contributed by atoms with Gasteiger partial charge >= 0.3 is 0 Å². The minimum absolute atomic E-state index is 0.104. The topological polar surface area (TPSA) is 58.2 Å². The van der Waals surface area contributed by atoms with Crippen LogP contribution in [0.1, 0.15) is 35.6 Å². The van der Waals surface area contributed by atoms with Crippen LogP contribution >= 0.6 is 0 Å². The first kappa shape index (κ1) is 17.1. The molecule has 4 nitrogen and oxygen atoms in total. The molecule has 2 aromatic rings. The highest BCUT2D eigenvalue weighted by molar-refractivity contribution is 5.80. The molecule has 1 unspecified atom stereocenters. The molecular formula is C20H21FN2O2. The van der Waals surface area contributed by atoms with E-state index in [0.29, 0.717) is 31.4 Å². The Morgan fingerprint density at radius 3 is 2.64 bits per heavy atom. The van der Waals surface area contributed by atoms with Crippen LogP contribution < -0.4 is 10.6 Å². The molecule has 0 heterocycles. The summed E-state index contributed by atoms with van der Waals surface area (Å²) in [5.74, 6) is -0.447. The Morgan fingerprint density at radius 2 is 1.84 bits per heavy atom. The molecule has 0 saturated heterocycles. The lowest BCUT2D eigenvalue weighted by Gasteiger charge is -2.14. The Labute approximate surface area is 146 Å². The molecule has 0 aliphatic heterocycles. The smallest absolute Gasteiger partial charge is 0.224 e. The Morgan fingerprint density at radius 1 is 1.04 bits per heavy atom. The molecule has 25 heavy (non-hydrogen) atoms. The van der Waals surface area contributed by atoms with E-state index in [1.54, 1.807) is 6.07 Å². The molecule has 2 aromatic carbocycles. The highest BCUT2D eigenvalue weighted by atomic mass is 19.1. The molecule has 130 valence electrons. The average molecular weight is 340 g/mol. The molecule has 1 aliphatic rings. The van der Waals surface area contributed by atoms with Gasteiger partial charge in [0, 0.05) is 13.0 Å². The summed E-state index contributed by atoms with van der Waals surface area (Å²) in [6, 6.07) is 14.3. The zero-order chi connectivity index (χ0) is 17.6. The third-order valence-electron chi connectivity index (χ3n) is 4.43. The minimum atomic E-state index is -0.206. The van der Waals surface area contributed by atoms with Crippen molar-refractivity contribution in [1.82, 2.24) is 10.6 Å². The van der Waals surface area contributed by atoms with E-state index in [9.17, 15) is 14.0 Å². The minimum Gasteiger partial charge on any atom is -0.355 e. The molecule has 0 radical (unpaired) electrons. The summed E-state index contributed by atoms with van der Waals surface area (Å²) in [6.07, 6.45) is 1.86. The van der Waals surface area contributed by atoms with Crippen LogP contribution in [0, 0.1) is 5.82 Å². The quantitative estimate of drug-likeness (QED) is 0.849. The lowest BCUT2D eigenvalue weighted by atomic mass is 10.1. The van der Waals surface area contributed by atoms with Crippen molar-refractivity contribution in [2.45, 2.75) is 31.7 Å². The van der Waals surface area contributed by atoms with Gasteiger partial charge in [0.05, 0.1) is 12.5 Å². The van der Waals surface area contributed by atoms with Gasteiger partial charge in [-0.15, -0.1) is 0 Å². The lowest BCUT2D eigenvalue weighted by molar-refractivity contribution is -0.122. The van der Waals surface area contributed by atoms with E-state index in [1.807, 2.05) is 36.4 Å². The Kier molecular flexibility index (Phi) is 5.43. The maximum atomic E-state index is 13.7. The Balaban J connectivity index is 1.42. The molecule has 2 N–H and O–H groups in total. The van der Waals surface area contributed by atoms with E-state index in [1.165, 1.54) is 6.07 Å². The fraction of sp³-hybridized carbons (Fsp3) is 0.300. The van der Waals surface area contributed by atoms with Crippen LogP contribution in [0.15, 0.2) is 48.5 Å². The second kappa shape index (κ2) is 7.92. The van der Waals surface area contributed by atoms with Gasteiger partial charge in [0.2, 0.25) is 11.8 Å². The summed E-state index contributed by atoms with van der Waals surface area (Å²) in [6.45, 7) is 0.292. The SMILES string of the molecule is O=C(Cc1ccccc1)NCCC(=O)NC1CCc2c(F)cccc21. The van der Waals surface area contributed by atoms with Crippen molar-refractivity contribution in [3.63, 3.8) is 0 Å². The number of amides is 2. The first-order valence-electron chi connectivity index (χ1n) is 8.51. The molecule has 1 aliphatic carbocycles. The van der Waals surface area contributed by atoms with E-state index in [-0.39, 0.29) is 30.1 Å². The summed E-state index contributed by atoms with van der Waals surface area (Å²) >= 11 is 0. The Bertz CT molecular complexity index is 762. The Hall–Kier alpha value is -2.69. The zero-order valence-corrected chi connectivity index (χ0v) is 13.9. The van der Waals surface area contributed by atoms with Gasteiger partial charge in [-0.3, -0.25) is 9.59 Å². The number of carbonyl (C=O) groups is 2. The number of hydrogen-bond acceptors (Lipinski definition) is 2. The van der Waals surface area contributed by atoms with Gasteiger partial charge in [0.1, 0.15) is 5.82 Å². The first-order valence-corrected chi connectivity index (χ1v) is 8.51. The van der Waals surface area contributed by atoms with Gasteiger partial charge in [-0.05, 0) is 35.6 Å². The summed E-state index contributed by atoms with van der Waals surface area (Å²) < 4.78 is 13.7. The standard InChI is InChI=1S/C20H21FN2O2/c21-17-8-4-7-16-15(17)9-10-18(16)23-19(24)11-12-22-20(25)13-14-5-2-1-3-6-14/h1-8,18H,9-13H2,(H,22,25)(H,23,24). The monoisotopic (exact) mass is 340 g/mol. The molecule has 0 fully saturated rings. The molecule has 0 aromatic heterocycles. The van der Waals surface area contributed by atoms with Crippen LogP contribution in [0.5, 0.6) is 0 Å². The van der Waals surface area contributed by atoms with Crippen molar-refractivity contribution in [2.75, 3.05) is 6.54 Å².